The predicted molar refractivity (Wildman–Crippen MR) is 127 cm³/mol. The number of aromatic nitrogens is 1. The molecule has 1 aliphatic heterocycles. The van der Waals surface area contributed by atoms with Crippen LogP contribution in [0.4, 0.5) is 4.39 Å². The molecule has 1 aliphatic rings. The maximum Gasteiger partial charge on any atom is 0.191 e. The first kappa shape index (κ1) is 24.6. The van der Waals surface area contributed by atoms with Gasteiger partial charge in [0.2, 0.25) is 0 Å². The number of aryl methyl sites for hydroxylation is 2. The number of benzene rings is 1. The minimum absolute atomic E-state index is 0. The van der Waals surface area contributed by atoms with Crippen molar-refractivity contribution in [1.82, 2.24) is 15.8 Å². The SMILES string of the molecule is CCc1noc(CC)c1CNC(=NC)NCC1(c2cccc(F)c2)CCOCC1.I. The van der Waals surface area contributed by atoms with E-state index in [1.807, 2.05) is 6.07 Å². The van der Waals surface area contributed by atoms with Gasteiger partial charge in [-0.2, -0.15) is 0 Å². The highest BCUT2D eigenvalue weighted by Gasteiger charge is 2.35. The zero-order valence-corrected chi connectivity index (χ0v) is 20.3. The van der Waals surface area contributed by atoms with Gasteiger partial charge in [0.25, 0.3) is 0 Å². The van der Waals surface area contributed by atoms with Crippen LogP contribution in [-0.4, -0.2) is 37.9 Å². The summed E-state index contributed by atoms with van der Waals surface area (Å²) in [5.74, 6) is 1.41. The lowest BCUT2D eigenvalue weighted by atomic mass is 9.74. The fourth-order valence-corrected chi connectivity index (χ4v) is 3.93. The summed E-state index contributed by atoms with van der Waals surface area (Å²) in [7, 11) is 1.75. The van der Waals surface area contributed by atoms with Gasteiger partial charge in [-0.15, -0.1) is 24.0 Å². The Balaban J connectivity index is 0.00000320. The van der Waals surface area contributed by atoms with Crippen LogP contribution in [0.5, 0.6) is 0 Å². The smallest absolute Gasteiger partial charge is 0.191 e. The average molecular weight is 530 g/mol. The van der Waals surface area contributed by atoms with Crippen LogP contribution in [0.25, 0.3) is 0 Å². The Labute approximate surface area is 195 Å². The largest absolute Gasteiger partial charge is 0.381 e. The van der Waals surface area contributed by atoms with E-state index in [2.05, 4.69) is 34.6 Å². The molecule has 1 fully saturated rings. The Kier molecular flexibility index (Phi) is 9.54. The molecule has 166 valence electrons. The minimum atomic E-state index is -0.206. The Hall–Kier alpha value is -1.68. The molecule has 30 heavy (non-hydrogen) atoms. The van der Waals surface area contributed by atoms with E-state index in [-0.39, 0.29) is 35.2 Å². The zero-order chi connectivity index (χ0) is 20.7. The van der Waals surface area contributed by atoms with Gasteiger partial charge in [-0.05, 0) is 37.0 Å². The first-order valence-electron chi connectivity index (χ1n) is 10.4. The lowest BCUT2D eigenvalue weighted by molar-refractivity contribution is 0.0513. The van der Waals surface area contributed by atoms with Gasteiger partial charge in [0.05, 0.1) is 5.69 Å². The Morgan fingerprint density at radius 1 is 1.20 bits per heavy atom. The number of rotatable bonds is 7. The molecule has 0 unspecified atom stereocenters. The van der Waals surface area contributed by atoms with Crippen LogP contribution < -0.4 is 10.6 Å². The fourth-order valence-electron chi connectivity index (χ4n) is 3.93. The molecule has 8 heteroatoms. The van der Waals surface area contributed by atoms with Crippen molar-refractivity contribution in [3.8, 4) is 0 Å². The van der Waals surface area contributed by atoms with E-state index < -0.39 is 0 Å². The van der Waals surface area contributed by atoms with Crippen molar-refractivity contribution in [2.24, 2.45) is 4.99 Å². The van der Waals surface area contributed by atoms with Gasteiger partial charge >= 0.3 is 0 Å². The van der Waals surface area contributed by atoms with E-state index in [1.165, 1.54) is 6.07 Å². The van der Waals surface area contributed by atoms with E-state index in [9.17, 15) is 4.39 Å². The fraction of sp³-hybridized carbons (Fsp3) is 0.545. The number of ether oxygens (including phenoxy) is 1. The molecule has 0 amide bonds. The second-order valence-corrected chi connectivity index (χ2v) is 7.42. The van der Waals surface area contributed by atoms with Crippen LogP contribution in [0.15, 0.2) is 33.8 Å². The molecule has 0 spiro atoms. The summed E-state index contributed by atoms with van der Waals surface area (Å²) in [4.78, 5) is 4.36. The summed E-state index contributed by atoms with van der Waals surface area (Å²) in [5.41, 5.74) is 2.90. The van der Waals surface area contributed by atoms with Crippen molar-refractivity contribution in [3.63, 3.8) is 0 Å². The molecule has 1 aromatic heterocycles. The molecule has 1 saturated heterocycles. The highest BCUT2D eigenvalue weighted by molar-refractivity contribution is 14.0. The third-order valence-corrected chi connectivity index (χ3v) is 5.74. The number of halogens is 2. The van der Waals surface area contributed by atoms with E-state index in [0.29, 0.717) is 32.3 Å². The molecule has 2 aromatic rings. The van der Waals surface area contributed by atoms with E-state index in [4.69, 9.17) is 9.26 Å². The van der Waals surface area contributed by atoms with Crippen molar-refractivity contribution in [2.75, 3.05) is 26.8 Å². The molecule has 0 atom stereocenters. The monoisotopic (exact) mass is 530 g/mol. The van der Waals surface area contributed by atoms with Crippen molar-refractivity contribution in [3.05, 3.63) is 52.7 Å². The van der Waals surface area contributed by atoms with Gasteiger partial charge in [0, 0.05) is 50.8 Å². The highest BCUT2D eigenvalue weighted by atomic mass is 127. The summed E-state index contributed by atoms with van der Waals surface area (Å²) in [6.07, 6.45) is 3.31. The number of hydrogen-bond donors (Lipinski definition) is 2. The molecule has 0 bridgehead atoms. The number of aliphatic imine (C=N–C) groups is 1. The number of guanidine groups is 1. The maximum absolute atomic E-state index is 13.9. The molecule has 2 heterocycles. The van der Waals surface area contributed by atoms with Gasteiger partial charge in [-0.3, -0.25) is 4.99 Å². The van der Waals surface area contributed by atoms with Crippen LogP contribution in [0, 0.1) is 5.82 Å². The van der Waals surface area contributed by atoms with Crippen LogP contribution in [0.2, 0.25) is 0 Å². The molecule has 0 radical (unpaired) electrons. The van der Waals surface area contributed by atoms with Gasteiger partial charge in [-0.1, -0.05) is 31.1 Å². The van der Waals surface area contributed by atoms with Gasteiger partial charge in [0.1, 0.15) is 11.6 Å². The van der Waals surface area contributed by atoms with Crippen molar-refractivity contribution in [1.29, 1.82) is 0 Å². The first-order valence-corrected chi connectivity index (χ1v) is 10.4. The first-order chi connectivity index (χ1) is 14.1. The Morgan fingerprint density at radius 3 is 2.60 bits per heavy atom. The van der Waals surface area contributed by atoms with Crippen molar-refractivity contribution >= 4 is 29.9 Å². The maximum atomic E-state index is 13.9. The lowest BCUT2D eigenvalue weighted by Crippen LogP contribution is -2.48. The summed E-state index contributed by atoms with van der Waals surface area (Å²) in [6, 6.07) is 6.91. The zero-order valence-electron chi connectivity index (χ0n) is 18.0. The molecule has 2 N–H and O–H groups in total. The average Bonchev–Trinajstić information content (AvgIpc) is 3.16. The minimum Gasteiger partial charge on any atom is -0.381 e. The standard InChI is InChI=1S/C22H31FN4O2.HI/c1-4-19-18(20(5-2)29-27-19)14-25-21(24-3)26-15-22(9-11-28-12-10-22)16-7-6-8-17(23)13-16;/h6-8,13H,4-5,9-12,14-15H2,1-3H3,(H2,24,25,26);1H. The van der Waals surface area contributed by atoms with E-state index >= 15 is 0 Å². The van der Waals surface area contributed by atoms with Crippen LogP contribution in [-0.2, 0) is 29.5 Å². The third-order valence-electron chi connectivity index (χ3n) is 5.74. The predicted octanol–water partition coefficient (Wildman–Crippen LogP) is 3.97. The second-order valence-electron chi connectivity index (χ2n) is 7.42. The number of nitrogens with one attached hydrogen (secondary N) is 2. The molecular weight excluding hydrogens is 498 g/mol. The van der Waals surface area contributed by atoms with E-state index in [0.717, 1.165) is 48.3 Å². The molecule has 1 aromatic carbocycles. The molecule has 0 saturated carbocycles. The Morgan fingerprint density at radius 2 is 1.97 bits per heavy atom. The van der Waals surface area contributed by atoms with Crippen molar-refractivity contribution < 1.29 is 13.7 Å². The van der Waals surface area contributed by atoms with E-state index in [1.54, 1.807) is 19.2 Å². The summed E-state index contributed by atoms with van der Waals surface area (Å²) >= 11 is 0. The highest BCUT2D eigenvalue weighted by Crippen LogP contribution is 2.34. The normalized spacial score (nSPS) is 16.1. The van der Waals surface area contributed by atoms with Crippen molar-refractivity contribution in [2.45, 2.75) is 51.5 Å². The third kappa shape index (κ3) is 5.72. The summed E-state index contributed by atoms with van der Waals surface area (Å²) < 4.78 is 24.9. The van der Waals surface area contributed by atoms with Gasteiger partial charge in [0.15, 0.2) is 5.96 Å². The second kappa shape index (κ2) is 11.6. The molecular formula is C22H32FIN4O2. The molecule has 6 nitrogen and oxygen atoms in total. The summed E-state index contributed by atoms with van der Waals surface area (Å²) in [5, 5.41) is 11.0. The summed E-state index contributed by atoms with van der Waals surface area (Å²) in [6.45, 7) is 6.73. The number of hydrogen-bond acceptors (Lipinski definition) is 4. The quantitative estimate of drug-likeness (QED) is 0.322. The number of nitrogens with zero attached hydrogens (tertiary/aromatic N) is 2. The van der Waals surface area contributed by atoms with Gasteiger partial charge < -0.3 is 19.9 Å². The van der Waals surface area contributed by atoms with Crippen LogP contribution in [0.3, 0.4) is 0 Å². The Bertz CT molecular complexity index is 813. The molecule has 0 aliphatic carbocycles. The lowest BCUT2D eigenvalue weighted by Gasteiger charge is -2.38. The molecule has 3 rings (SSSR count). The van der Waals surface area contributed by atoms with Crippen LogP contribution >= 0.6 is 24.0 Å². The van der Waals surface area contributed by atoms with Crippen LogP contribution in [0.1, 0.15) is 49.3 Å². The topological polar surface area (TPSA) is 71.7 Å². The van der Waals surface area contributed by atoms with Gasteiger partial charge in [-0.25, -0.2) is 4.39 Å².